The van der Waals surface area contributed by atoms with Gasteiger partial charge in [0.05, 0.1) is 12.8 Å². The predicted molar refractivity (Wildman–Crippen MR) is 117 cm³/mol. The lowest BCUT2D eigenvalue weighted by atomic mass is 10.2. The van der Waals surface area contributed by atoms with Crippen molar-refractivity contribution in [3.8, 4) is 11.5 Å². The number of amides is 3. The van der Waals surface area contributed by atoms with Gasteiger partial charge < -0.3 is 20.1 Å². The molecule has 0 fully saturated rings. The van der Waals surface area contributed by atoms with Gasteiger partial charge in [-0.2, -0.15) is 5.10 Å². The molecule has 0 bridgehead atoms. The molecule has 0 unspecified atom stereocenters. The fourth-order valence-electron chi connectivity index (χ4n) is 2.37. The highest BCUT2D eigenvalue weighted by Crippen LogP contribution is 2.16. The zero-order chi connectivity index (χ0) is 22.5. The van der Waals surface area contributed by atoms with Crippen molar-refractivity contribution in [2.24, 2.45) is 5.10 Å². The summed E-state index contributed by atoms with van der Waals surface area (Å²) < 4.78 is 10.9. The van der Waals surface area contributed by atoms with Crippen LogP contribution in [0.3, 0.4) is 0 Å². The van der Waals surface area contributed by atoms with Crippen LogP contribution in [0.5, 0.6) is 11.5 Å². The van der Waals surface area contributed by atoms with E-state index in [0.29, 0.717) is 30.2 Å². The van der Waals surface area contributed by atoms with E-state index in [0.717, 1.165) is 12.2 Å². The molecule has 0 saturated carbocycles. The first kappa shape index (κ1) is 23.4. The monoisotopic (exact) mass is 426 g/mol. The molecule has 9 heteroatoms. The molecular weight excluding hydrogens is 400 g/mol. The molecule has 0 saturated heterocycles. The van der Waals surface area contributed by atoms with E-state index in [1.807, 2.05) is 13.8 Å². The van der Waals surface area contributed by atoms with Gasteiger partial charge >= 0.3 is 11.8 Å². The predicted octanol–water partition coefficient (Wildman–Crippen LogP) is 2.08. The number of anilines is 1. The zero-order valence-electron chi connectivity index (χ0n) is 17.5. The summed E-state index contributed by atoms with van der Waals surface area (Å²) in [7, 11) is 0. The number of nitrogens with zero attached hydrogens (tertiary/aromatic N) is 1. The lowest BCUT2D eigenvalue weighted by Gasteiger charge is -2.09. The summed E-state index contributed by atoms with van der Waals surface area (Å²) in [6.45, 7) is 4.60. The van der Waals surface area contributed by atoms with Gasteiger partial charge in [0.2, 0.25) is 0 Å². The molecule has 0 heterocycles. The quantitative estimate of drug-likeness (QED) is 0.305. The Morgan fingerprint density at radius 1 is 0.968 bits per heavy atom. The fraction of sp³-hybridized carbons (Fsp3) is 0.273. The Morgan fingerprint density at radius 3 is 2.45 bits per heavy atom. The van der Waals surface area contributed by atoms with E-state index in [9.17, 15) is 14.4 Å². The first-order chi connectivity index (χ1) is 15.0. The maximum atomic E-state index is 12.1. The number of benzene rings is 2. The summed E-state index contributed by atoms with van der Waals surface area (Å²) in [4.78, 5) is 35.1. The summed E-state index contributed by atoms with van der Waals surface area (Å²) >= 11 is 0. The molecule has 0 aliphatic carbocycles. The average molecular weight is 426 g/mol. The Kier molecular flexibility index (Phi) is 9.54. The van der Waals surface area contributed by atoms with E-state index >= 15 is 0 Å². The van der Waals surface area contributed by atoms with Gasteiger partial charge in [0.1, 0.15) is 11.5 Å². The van der Waals surface area contributed by atoms with Crippen molar-refractivity contribution in [1.29, 1.82) is 0 Å². The van der Waals surface area contributed by atoms with Crippen LogP contribution in [0.1, 0.15) is 25.8 Å². The smallest absolute Gasteiger partial charge is 0.329 e. The van der Waals surface area contributed by atoms with E-state index in [1.54, 1.807) is 48.5 Å². The number of hydrogen-bond donors (Lipinski definition) is 3. The summed E-state index contributed by atoms with van der Waals surface area (Å²) in [6.07, 6.45) is 2.10. The van der Waals surface area contributed by atoms with Crippen molar-refractivity contribution in [3.63, 3.8) is 0 Å². The van der Waals surface area contributed by atoms with Crippen LogP contribution >= 0.6 is 0 Å². The Morgan fingerprint density at radius 2 is 1.74 bits per heavy atom. The van der Waals surface area contributed by atoms with Gasteiger partial charge in [-0.1, -0.05) is 19.1 Å². The molecule has 0 spiro atoms. The van der Waals surface area contributed by atoms with Gasteiger partial charge in [0.15, 0.2) is 6.61 Å². The van der Waals surface area contributed by atoms with Crippen molar-refractivity contribution in [1.82, 2.24) is 10.7 Å². The second kappa shape index (κ2) is 12.6. The van der Waals surface area contributed by atoms with Crippen LogP contribution in [0, 0.1) is 0 Å². The number of hydrogen-bond acceptors (Lipinski definition) is 6. The van der Waals surface area contributed by atoms with Crippen LogP contribution in [0.25, 0.3) is 0 Å². The van der Waals surface area contributed by atoms with Crippen LogP contribution in [-0.2, 0) is 14.4 Å². The van der Waals surface area contributed by atoms with Gasteiger partial charge in [-0.25, -0.2) is 5.43 Å². The van der Waals surface area contributed by atoms with E-state index in [2.05, 4.69) is 21.2 Å². The molecule has 2 rings (SSSR count). The van der Waals surface area contributed by atoms with Crippen LogP contribution in [0.15, 0.2) is 53.6 Å². The Balaban J connectivity index is 1.81. The van der Waals surface area contributed by atoms with Crippen molar-refractivity contribution >= 4 is 29.6 Å². The molecular formula is C22H26N4O5. The molecule has 0 aliphatic rings. The molecule has 3 N–H and O–H groups in total. The van der Waals surface area contributed by atoms with Crippen LogP contribution < -0.4 is 25.5 Å². The third-order valence-electron chi connectivity index (χ3n) is 3.80. The molecule has 2 aromatic rings. The first-order valence-electron chi connectivity index (χ1n) is 9.88. The minimum absolute atomic E-state index is 0.178. The molecule has 164 valence electrons. The minimum Gasteiger partial charge on any atom is -0.494 e. The van der Waals surface area contributed by atoms with Gasteiger partial charge in [-0.15, -0.1) is 0 Å². The lowest BCUT2D eigenvalue weighted by Crippen LogP contribution is -2.38. The number of rotatable bonds is 10. The first-order valence-corrected chi connectivity index (χ1v) is 9.88. The summed E-state index contributed by atoms with van der Waals surface area (Å²) in [6, 6.07) is 13.8. The Bertz CT molecular complexity index is 912. The third-order valence-corrected chi connectivity index (χ3v) is 3.80. The van der Waals surface area contributed by atoms with E-state index < -0.39 is 11.8 Å². The van der Waals surface area contributed by atoms with Crippen molar-refractivity contribution < 1.29 is 23.9 Å². The van der Waals surface area contributed by atoms with E-state index in [-0.39, 0.29) is 12.5 Å². The Labute approximate surface area is 180 Å². The molecule has 0 aromatic heterocycles. The topological polar surface area (TPSA) is 118 Å². The van der Waals surface area contributed by atoms with E-state index in [4.69, 9.17) is 9.47 Å². The van der Waals surface area contributed by atoms with Gasteiger partial charge in [-0.3, -0.25) is 14.4 Å². The minimum atomic E-state index is -0.844. The molecule has 3 amide bonds. The molecule has 2 aromatic carbocycles. The molecule has 0 aliphatic heterocycles. The van der Waals surface area contributed by atoms with Crippen LogP contribution in [-0.4, -0.2) is 43.7 Å². The van der Waals surface area contributed by atoms with Gasteiger partial charge in [0, 0.05) is 12.2 Å². The van der Waals surface area contributed by atoms with Crippen LogP contribution in [0.2, 0.25) is 0 Å². The van der Waals surface area contributed by atoms with Gasteiger partial charge in [0.25, 0.3) is 5.91 Å². The largest absolute Gasteiger partial charge is 0.494 e. The zero-order valence-corrected chi connectivity index (χ0v) is 17.5. The molecule has 9 nitrogen and oxygen atoms in total. The lowest BCUT2D eigenvalue weighted by molar-refractivity contribution is -0.139. The maximum Gasteiger partial charge on any atom is 0.329 e. The number of hydrazone groups is 1. The number of carbonyl (C=O) groups excluding carboxylic acids is 3. The normalized spacial score (nSPS) is 10.4. The highest BCUT2D eigenvalue weighted by atomic mass is 16.5. The van der Waals surface area contributed by atoms with Gasteiger partial charge in [-0.05, 0) is 55.3 Å². The summed E-state index contributed by atoms with van der Waals surface area (Å²) in [5.74, 6) is -0.711. The summed E-state index contributed by atoms with van der Waals surface area (Å²) in [5, 5.41) is 8.94. The van der Waals surface area contributed by atoms with E-state index in [1.165, 1.54) is 6.21 Å². The molecule has 0 atom stereocenters. The number of carbonyl (C=O) groups is 3. The SMILES string of the molecule is CCCNC(=O)C(=O)N/N=C\c1cccc(OCC(=O)Nc2ccc(OCC)cc2)c1. The van der Waals surface area contributed by atoms with Crippen molar-refractivity contribution in [2.75, 3.05) is 25.1 Å². The third kappa shape index (κ3) is 8.57. The van der Waals surface area contributed by atoms with Crippen LogP contribution in [0.4, 0.5) is 5.69 Å². The highest BCUT2D eigenvalue weighted by Gasteiger charge is 2.10. The Hall–Kier alpha value is -3.88. The second-order valence-corrected chi connectivity index (χ2v) is 6.32. The van der Waals surface area contributed by atoms with Crippen molar-refractivity contribution in [2.45, 2.75) is 20.3 Å². The van der Waals surface area contributed by atoms with Crippen molar-refractivity contribution in [3.05, 3.63) is 54.1 Å². The average Bonchev–Trinajstić information content (AvgIpc) is 2.78. The highest BCUT2D eigenvalue weighted by molar-refractivity contribution is 6.35. The number of ether oxygens (including phenoxy) is 2. The standard InChI is InChI=1S/C22H26N4O5/c1-3-12-23-21(28)22(29)26-24-14-16-6-5-7-19(13-16)31-15-20(27)25-17-8-10-18(11-9-17)30-4-2/h5-11,13-14H,3-4,12,15H2,1-2H3,(H,23,28)(H,25,27)(H,26,29)/b24-14-. The molecule has 0 radical (unpaired) electrons. The fourth-order valence-corrected chi connectivity index (χ4v) is 2.37. The number of nitrogens with one attached hydrogen (secondary N) is 3. The maximum absolute atomic E-state index is 12.1. The molecule has 31 heavy (non-hydrogen) atoms. The summed E-state index contributed by atoms with van der Waals surface area (Å²) in [5.41, 5.74) is 3.41. The second-order valence-electron chi connectivity index (χ2n) is 6.32.